The summed E-state index contributed by atoms with van der Waals surface area (Å²) in [5.74, 6) is 1.83. The van der Waals surface area contributed by atoms with Crippen LogP contribution >= 0.6 is 0 Å². The average Bonchev–Trinajstić information content (AvgIpc) is 2.59. The van der Waals surface area contributed by atoms with Gasteiger partial charge in [-0.05, 0) is 24.3 Å². The Morgan fingerprint density at radius 1 is 1.27 bits per heavy atom. The van der Waals surface area contributed by atoms with Crippen LogP contribution in [0.3, 0.4) is 0 Å². The molecule has 0 aliphatic rings. The molecule has 0 bridgehead atoms. The van der Waals surface area contributed by atoms with Crippen LogP contribution in [0.4, 0.5) is 5.95 Å². The van der Waals surface area contributed by atoms with Crippen LogP contribution in [-0.4, -0.2) is 21.9 Å². The molecule has 0 aliphatic heterocycles. The average molecular weight is 204 g/mol. The van der Waals surface area contributed by atoms with Crippen LogP contribution in [0.15, 0.2) is 24.3 Å². The van der Waals surface area contributed by atoms with Crippen molar-refractivity contribution in [2.24, 2.45) is 7.05 Å². The van der Waals surface area contributed by atoms with Gasteiger partial charge in [0.2, 0.25) is 5.95 Å². The highest BCUT2D eigenvalue weighted by Gasteiger charge is 2.06. The second kappa shape index (κ2) is 3.61. The van der Waals surface area contributed by atoms with Crippen molar-refractivity contribution in [2.75, 3.05) is 12.8 Å². The number of benzene rings is 1. The highest BCUT2D eigenvalue weighted by molar-refractivity contribution is 5.57. The van der Waals surface area contributed by atoms with Crippen molar-refractivity contribution < 1.29 is 4.74 Å². The fourth-order valence-corrected chi connectivity index (χ4v) is 1.26. The minimum atomic E-state index is 0.404. The molecule has 5 heteroatoms. The Hall–Kier alpha value is -2.04. The van der Waals surface area contributed by atoms with Gasteiger partial charge in [-0.25, -0.2) is 4.68 Å². The van der Waals surface area contributed by atoms with E-state index in [1.165, 1.54) is 0 Å². The number of nitrogens with zero attached hydrogens (tertiary/aromatic N) is 3. The summed E-state index contributed by atoms with van der Waals surface area (Å²) < 4.78 is 6.60. The molecule has 2 aromatic rings. The third-order valence-corrected chi connectivity index (χ3v) is 2.14. The summed E-state index contributed by atoms with van der Waals surface area (Å²) in [7, 11) is 3.39. The highest BCUT2D eigenvalue weighted by Crippen LogP contribution is 2.19. The maximum atomic E-state index is 5.60. The van der Waals surface area contributed by atoms with Gasteiger partial charge in [0.1, 0.15) is 5.75 Å². The molecule has 15 heavy (non-hydrogen) atoms. The Morgan fingerprint density at radius 2 is 1.93 bits per heavy atom. The number of aryl methyl sites for hydroxylation is 1. The van der Waals surface area contributed by atoms with Crippen LogP contribution in [0.2, 0.25) is 0 Å². The summed E-state index contributed by atoms with van der Waals surface area (Å²) in [6.07, 6.45) is 0. The lowest BCUT2D eigenvalue weighted by molar-refractivity contribution is 0.415. The van der Waals surface area contributed by atoms with Gasteiger partial charge < -0.3 is 10.5 Å². The minimum Gasteiger partial charge on any atom is -0.497 e. The van der Waals surface area contributed by atoms with Gasteiger partial charge in [0, 0.05) is 12.6 Å². The monoisotopic (exact) mass is 204 g/mol. The first-order chi connectivity index (χ1) is 7.20. The predicted octanol–water partition coefficient (Wildman–Crippen LogP) is 1.07. The number of aromatic nitrogens is 3. The largest absolute Gasteiger partial charge is 0.497 e. The van der Waals surface area contributed by atoms with Crippen LogP contribution in [0.5, 0.6) is 5.75 Å². The topological polar surface area (TPSA) is 66.0 Å². The Labute approximate surface area is 87.5 Å². The predicted molar refractivity (Wildman–Crippen MR) is 57.4 cm³/mol. The SMILES string of the molecule is COc1ccc(-c2nc(N)n(C)n2)cc1. The Kier molecular flexibility index (Phi) is 2.29. The molecule has 5 nitrogen and oxygen atoms in total. The Bertz CT molecular complexity index is 441. The molecule has 0 saturated carbocycles. The van der Waals surface area contributed by atoms with Crippen molar-refractivity contribution in [2.45, 2.75) is 0 Å². The number of ether oxygens (including phenoxy) is 1. The Balaban J connectivity index is 2.37. The number of rotatable bonds is 2. The smallest absolute Gasteiger partial charge is 0.218 e. The van der Waals surface area contributed by atoms with Crippen LogP contribution in [0, 0.1) is 0 Å². The van der Waals surface area contributed by atoms with Crippen molar-refractivity contribution in [1.82, 2.24) is 14.8 Å². The lowest BCUT2D eigenvalue weighted by Crippen LogP contribution is -1.97. The van der Waals surface area contributed by atoms with Crippen molar-refractivity contribution in [1.29, 1.82) is 0 Å². The van der Waals surface area contributed by atoms with Gasteiger partial charge in [0.15, 0.2) is 5.82 Å². The second-order valence-electron chi connectivity index (χ2n) is 3.15. The van der Waals surface area contributed by atoms with Gasteiger partial charge in [0.05, 0.1) is 7.11 Å². The summed E-state index contributed by atoms with van der Waals surface area (Å²) >= 11 is 0. The zero-order valence-electron chi connectivity index (χ0n) is 8.64. The van der Waals surface area contributed by atoms with Crippen molar-refractivity contribution in [3.63, 3.8) is 0 Å². The highest BCUT2D eigenvalue weighted by atomic mass is 16.5. The molecule has 2 rings (SSSR count). The summed E-state index contributed by atoms with van der Waals surface area (Å²) in [5, 5.41) is 4.18. The zero-order chi connectivity index (χ0) is 10.8. The van der Waals surface area contributed by atoms with E-state index in [1.54, 1.807) is 18.8 Å². The van der Waals surface area contributed by atoms with Crippen LogP contribution in [0.1, 0.15) is 0 Å². The van der Waals surface area contributed by atoms with E-state index in [-0.39, 0.29) is 0 Å². The van der Waals surface area contributed by atoms with E-state index in [2.05, 4.69) is 10.1 Å². The van der Waals surface area contributed by atoms with Gasteiger partial charge >= 0.3 is 0 Å². The van der Waals surface area contributed by atoms with Crippen LogP contribution in [-0.2, 0) is 7.05 Å². The van der Waals surface area contributed by atoms with E-state index < -0.39 is 0 Å². The molecular weight excluding hydrogens is 192 g/mol. The Morgan fingerprint density at radius 3 is 2.40 bits per heavy atom. The molecule has 1 aromatic heterocycles. The van der Waals surface area contributed by atoms with Gasteiger partial charge in [-0.1, -0.05) is 0 Å². The van der Waals surface area contributed by atoms with Crippen molar-refractivity contribution in [3.05, 3.63) is 24.3 Å². The molecule has 78 valence electrons. The molecule has 0 amide bonds. The molecule has 0 atom stereocenters. The fraction of sp³-hybridized carbons (Fsp3) is 0.200. The number of hydrogen-bond donors (Lipinski definition) is 1. The quantitative estimate of drug-likeness (QED) is 0.794. The molecule has 0 aliphatic carbocycles. The number of methoxy groups -OCH3 is 1. The van der Waals surface area contributed by atoms with Gasteiger partial charge in [-0.15, -0.1) is 5.10 Å². The molecule has 0 unspecified atom stereocenters. The van der Waals surface area contributed by atoms with Gasteiger partial charge in [-0.2, -0.15) is 4.98 Å². The van der Waals surface area contributed by atoms with Crippen LogP contribution in [0.25, 0.3) is 11.4 Å². The van der Waals surface area contributed by atoms with Crippen LogP contribution < -0.4 is 10.5 Å². The fourth-order valence-electron chi connectivity index (χ4n) is 1.26. The summed E-state index contributed by atoms with van der Waals surface area (Å²) in [6, 6.07) is 7.52. The number of nitrogens with two attached hydrogens (primary N) is 1. The third kappa shape index (κ3) is 1.76. The van der Waals surface area contributed by atoms with E-state index in [0.717, 1.165) is 11.3 Å². The zero-order valence-corrected chi connectivity index (χ0v) is 8.64. The maximum Gasteiger partial charge on any atom is 0.218 e. The van der Waals surface area contributed by atoms with E-state index in [4.69, 9.17) is 10.5 Å². The third-order valence-electron chi connectivity index (χ3n) is 2.14. The maximum absolute atomic E-state index is 5.60. The molecular formula is C10H12N4O. The molecule has 0 spiro atoms. The first-order valence-corrected chi connectivity index (χ1v) is 4.51. The number of hydrogen-bond acceptors (Lipinski definition) is 4. The van der Waals surface area contributed by atoms with E-state index >= 15 is 0 Å². The van der Waals surface area contributed by atoms with E-state index in [1.807, 2.05) is 24.3 Å². The van der Waals surface area contributed by atoms with Crippen molar-refractivity contribution in [3.8, 4) is 17.1 Å². The van der Waals surface area contributed by atoms with Crippen molar-refractivity contribution >= 4 is 5.95 Å². The first kappa shape index (κ1) is 9.51. The molecule has 1 heterocycles. The normalized spacial score (nSPS) is 10.3. The standard InChI is InChI=1S/C10H12N4O/c1-14-10(11)12-9(13-14)7-3-5-8(15-2)6-4-7/h3-6H,1-2H3,(H2,11,12,13). The molecule has 0 saturated heterocycles. The van der Waals surface area contributed by atoms with E-state index in [9.17, 15) is 0 Å². The summed E-state index contributed by atoms with van der Waals surface area (Å²) in [6.45, 7) is 0. The second-order valence-corrected chi connectivity index (χ2v) is 3.15. The number of anilines is 1. The summed E-state index contributed by atoms with van der Waals surface area (Å²) in [4.78, 5) is 4.12. The molecule has 0 radical (unpaired) electrons. The van der Waals surface area contributed by atoms with E-state index in [0.29, 0.717) is 11.8 Å². The lowest BCUT2D eigenvalue weighted by atomic mass is 10.2. The summed E-state index contributed by atoms with van der Waals surface area (Å²) in [5.41, 5.74) is 6.52. The molecule has 1 aromatic carbocycles. The number of nitrogen functional groups attached to an aromatic ring is 1. The first-order valence-electron chi connectivity index (χ1n) is 4.51. The minimum absolute atomic E-state index is 0.404. The van der Waals surface area contributed by atoms with Gasteiger partial charge in [-0.3, -0.25) is 0 Å². The lowest BCUT2D eigenvalue weighted by Gasteiger charge is -1.99. The molecule has 2 N–H and O–H groups in total. The molecule has 0 fully saturated rings. The van der Waals surface area contributed by atoms with Gasteiger partial charge in [0.25, 0.3) is 0 Å².